The third-order valence-electron chi connectivity index (χ3n) is 9.98. The molecule has 300 valence electrons. The van der Waals surface area contributed by atoms with E-state index in [1.807, 2.05) is 13.1 Å². The van der Waals surface area contributed by atoms with Crippen LogP contribution in [0.1, 0.15) is 51.2 Å². The van der Waals surface area contributed by atoms with E-state index in [4.69, 9.17) is 14.2 Å². The lowest BCUT2D eigenvalue weighted by molar-refractivity contribution is -0.137. The van der Waals surface area contributed by atoms with Gasteiger partial charge in [0.15, 0.2) is 5.82 Å². The van der Waals surface area contributed by atoms with E-state index in [0.717, 1.165) is 31.5 Å². The second-order valence-electron chi connectivity index (χ2n) is 14.7. The summed E-state index contributed by atoms with van der Waals surface area (Å²) in [6.45, 7) is 5.74. The Bertz CT molecular complexity index is 2220. The van der Waals surface area contributed by atoms with Crippen LogP contribution in [-0.4, -0.2) is 108 Å². The van der Waals surface area contributed by atoms with Crippen molar-refractivity contribution in [3.63, 3.8) is 0 Å². The number of ether oxygens (including phenoxy) is 3. The van der Waals surface area contributed by atoms with E-state index in [2.05, 4.69) is 20.2 Å². The number of nitrogens with zero attached hydrogens (tertiary/aromatic N) is 6. The number of halogens is 5. The lowest BCUT2D eigenvalue weighted by atomic mass is 9.92. The fourth-order valence-electron chi connectivity index (χ4n) is 7.40. The highest BCUT2D eigenvalue weighted by Gasteiger charge is 2.42. The molecule has 0 bridgehead atoms. The molecule has 19 heteroatoms. The smallest absolute Gasteiger partial charge is 0.417 e. The van der Waals surface area contributed by atoms with Crippen LogP contribution in [0.15, 0.2) is 18.2 Å². The van der Waals surface area contributed by atoms with Gasteiger partial charge < -0.3 is 34.0 Å². The number of benzene rings is 2. The van der Waals surface area contributed by atoms with Gasteiger partial charge in [0.1, 0.15) is 40.4 Å². The highest BCUT2D eigenvalue weighted by atomic mass is 32.1. The van der Waals surface area contributed by atoms with E-state index in [0.29, 0.717) is 17.4 Å². The van der Waals surface area contributed by atoms with Crippen LogP contribution in [-0.2, 0) is 15.7 Å². The largest absolute Gasteiger partial charge is 0.465 e. The van der Waals surface area contributed by atoms with E-state index in [-0.39, 0.29) is 64.5 Å². The third-order valence-corrected chi connectivity index (χ3v) is 11.1. The standard InChI is InChI=1S/C37H40F5N7O6S/c1-36(2,3)55-34(50)46-32-21(15-43)26-19(9-10-23(38)30(26)56-32)27-22(37(40,41)42)14-20-29(28(27)39)44-33(54-16-18-8-7-12-47(18)4)45-31(20)48(5)24-11-13-49(35(51)52)25(24)17-53-6/h9-10,14,18,24-25H,7-8,11-13,16-17H2,1-6H3,(H,46,50)(H,51,52)/t18-,24?,25?/m0/s1. The van der Waals surface area contributed by atoms with Crippen molar-refractivity contribution in [2.75, 3.05) is 57.7 Å². The van der Waals surface area contributed by atoms with Crippen LogP contribution in [0, 0.1) is 23.0 Å². The molecule has 2 aliphatic heterocycles. The van der Waals surface area contributed by atoms with Crippen LogP contribution in [0.25, 0.3) is 32.1 Å². The number of amides is 2. The van der Waals surface area contributed by atoms with Gasteiger partial charge in [0, 0.05) is 43.1 Å². The van der Waals surface area contributed by atoms with E-state index in [9.17, 15) is 20.0 Å². The van der Waals surface area contributed by atoms with Crippen LogP contribution < -0.4 is 15.0 Å². The number of alkyl halides is 3. The molecule has 2 aliphatic rings. The maximum absolute atomic E-state index is 17.3. The summed E-state index contributed by atoms with van der Waals surface area (Å²) >= 11 is 0.584. The minimum absolute atomic E-state index is 0.0347. The zero-order valence-electron chi connectivity index (χ0n) is 31.4. The van der Waals surface area contributed by atoms with Gasteiger partial charge in [-0.1, -0.05) is 6.07 Å². The van der Waals surface area contributed by atoms with Crippen molar-refractivity contribution in [2.24, 2.45) is 0 Å². The fourth-order valence-corrected chi connectivity index (χ4v) is 8.47. The van der Waals surface area contributed by atoms with Gasteiger partial charge in [0.05, 0.1) is 34.5 Å². The lowest BCUT2D eigenvalue weighted by Gasteiger charge is -2.33. The van der Waals surface area contributed by atoms with Crippen LogP contribution in [0.2, 0.25) is 0 Å². The number of aromatic nitrogens is 2. The van der Waals surface area contributed by atoms with E-state index in [1.54, 1.807) is 20.8 Å². The Morgan fingerprint density at radius 2 is 1.88 bits per heavy atom. The molecule has 2 fully saturated rings. The van der Waals surface area contributed by atoms with Gasteiger partial charge in [-0.2, -0.15) is 28.4 Å². The summed E-state index contributed by atoms with van der Waals surface area (Å²) in [6.07, 6.45) is -5.47. The van der Waals surface area contributed by atoms with Gasteiger partial charge in [0.25, 0.3) is 0 Å². The van der Waals surface area contributed by atoms with Crippen molar-refractivity contribution in [2.45, 2.75) is 69.9 Å². The van der Waals surface area contributed by atoms with E-state index < -0.39 is 75.5 Å². The summed E-state index contributed by atoms with van der Waals surface area (Å²) in [5.41, 5.74) is -4.89. The molecule has 2 N–H and O–H groups in total. The van der Waals surface area contributed by atoms with Gasteiger partial charge in [0.2, 0.25) is 0 Å². The summed E-state index contributed by atoms with van der Waals surface area (Å²) in [5.74, 6) is -2.53. The summed E-state index contributed by atoms with van der Waals surface area (Å²) in [5, 5.41) is 21.6. The minimum Gasteiger partial charge on any atom is -0.465 e. The summed E-state index contributed by atoms with van der Waals surface area (Å²) < 4.78 is 94.7. The maximum Gasteiger partial charge on any atom is 0.417 e. The predicted octanol–water partition coefficient (Wildman–Crippen LogP) is 7.70. The normalized spacial score (nSPS) is 19.1. The summed E-state index contributed by atoms with van der Waals surface area (Å²) in [6, 6.07) is 2.54. The molecule has 6 rings (SSSR count). The Morgan fingerprint density at radius 1 is 1.14 bits per heavy atom. The minimum atomic E-state index is -5.21. The molecule has 3 atom stereocenters. The number of carboxylic acid groups (broad SMARTS) is 1. The van der Waals surface area contributed by atoms with Crippen molar-refractivity contribution in [3.05, 3.63) is 41.0 Å². The summed E-state index contributed by atoms with van der Waals surface area (Å²) in [7, 11) is 4.82. The van der Waals surface area contributed by atoms with E-state index >= 15 is 22.0 Å². The van der Waals surface area contributed by atoms with Crippen molar-refractivity contribution >= 4 is 55.3 Å². The van der Waals surface area contributed by atoms with E-state index in [1.165, 1.54) is 24.0 Å². The average Bonchev–Trinajstić information content (AvgIpc) is 3.83. The quantitative estimate of drug-likeness (QED) is 0.160. The van der Waals surface area contributed by atoms with Crippen LogP contribution >= 0.6 is 11.3 Å². The Labute approximate surface area is 322 Å². The number of carbonyl (C=O) groups is 2. The predicted molar refractivity (Wildman–Crippen MR) is 198 cm³/mol. The molecule has 0 radical (unpaired) electrons. The molecule has 2 aromatic carbocycles. The highest BCUT2D eigenvalue weighted by molar-refractivity contribution is 7.23. The molecular weight excluding hydrogens is 766 g/mol. The first kappa shape index (κ1) is 40.6. The second-order valence-corrected chi connectivity index (χ2v) is 15.8. The van der Waals surface area contributed by atoms with Gasteiger partial charge in [-0.15, -0.1) is 11.3 Å². The average molecular weight is 806 g/mol. The molecule has 2 amide bonds. The Morgan fingerprint density at radius 3 is 2.48 bits per heavy atom. The molecule has 56 heavy (non-hydrogen) atoms. The number of fused-ring (bicyclic) bond motifs is 2. The monoisotopic (exact) mass is 805 g/mol. The zero-order chi connectivity index (χ0) is 40.9. The van der Waals surface area contributed by atoms with Gasteiger partial charge in [-0.25, -0.2) is 18.4 Å². The topological polar surface area (TPSA) is 153 Å². The first-order valence-electron chi connectivity index (χ1n) is 17.7. The summed E-state index contributed by atoms with van der Waals surface area (Å²) in [4.78, 5) is 38.3. The van der Waals surface area contributed by atoms with Crippen molar-refractivity contribution in [3.8, 4) is 23.2 Å². The number of hydrogen-bond donors (Lipinski definition) is 2. The van der Waals surface area contributed by atoms with Gasteiger partial charge >= 0.3 is 24.4 Å². The molecular formula is C37H40F5N7O6S. The van der Waals surface area contributed by atoms with Crippen LogP contribution in [0.5, 0.6) is 6.01 Å². The van der Waals surface area contributed by atoms with Crippen molar-refractivity contribution in [1.29, 1.82) is 5.26 Å². The molecule has 4 heterocycles. The Hall–Kier alpha value is -5.06. The third kappa shape index (κ3) is 7.82. The second kappa shape index (κ2) is 15.5. The molecule has 4 aromatic rings. The zero-order valence-corrected chi connectivity index (χ0v) is 32.2. The molecule has 0 spiro atoms. The fraction of sp³-hybridized carbons (Fsp3) is 0.486. The number of nitrogens with one attached hydrogen (secondary N) is 1. The lowest BCUT2D eigenvalue weighted by Crippen LogP contribution is -2.48. The molecule has 2 aromatic heterocycles. The highest BCUT2D eigenvalue weighted by Crippen LogP contribution is 2.49. The number of rotatable bonds is 9. The molecule has 13 nitrogen and oxygen atoms in total. The molecule has 0 saturated carbocycles. The molecule has 2 saturated heterocycles. The first-order valence-corrected chi connectivity index (χ1v) is 18.5. The molecule has 2 unspecified atom stereocenters. The van der Waals surface area contributed by atoms with Crippen LogP contribution in [0.4, 0.5) is 42.4 Å². The number of thiophene rings is 1. The molecule has 0 aliphatic carbocycles. The maximum atomic E-state index is 17.3. The Kier molecular flexibility index (Phi) is 11.2. The number of likely N-dealkylation sites (tertiary alicyclic amines) is 2. The Balaban J connectivity index is 1.59. The number of nitriles is 1. The van der Waals surface area contributed by atoms with Crippen molar-refractivity contribution < 1.29 is 50.9 Å². The number of likely N-dealkylation sites (N-methyl/N-ethyl adjacent to an activating group) is 2. The SMILES string of the molecule is COCC1C(N(C)c2nc(OC[C@@H]3CCCN3C)nc3c(F)c(-c4ccc(F)c5sc(NC(=O)OC(C)(C)C)c(C#N)c45)c(C(F)(F)F)cc23)CCN1C(=O)O. The first-order chi connectivity index (χ1) is 26.3. The van der Waals surface area contributed by atoms with Gasteiger partial charge in [-0.05, 0) is 71.3 Å². The van der Waals surface area contributed by atoms with Crippen LogP contribution in [0.3, 0.4) is 0 Å². The number of methoxy groups -OCH3 is 1. The number of hydrogen-bond acceptors (Lipinski definition) is 11. The van der Waals surface area contributed by atoms with Crippen molar-refractivity contribution in [1.82, 2.24) is 19.8 Å². The van der Waals surface area contributed by atoms with Gasteiger partial charge in [-0.3, -0.25) is 5.32 Å². The number of carbonyl (C=O) groups excluding carboxylic acids is 1. The number of anilines is 2.